The number of aryl methyl sites for hydroxylation is 1. The standard InChI is InChI=1S/C16H13ClFNO3/c1-10-2-5-12(17)8-14(10)19-15(20)9-22-16(21)11-3-6-13(18)7-4-11/h2-8H,9H2,1H3,(H,19,20). The molecule has 114 valence electrons. The van der Waals surface area contributed by atoms with Crippen molar-refractivity contribution in [3.05, 3.63) is 64.4 Å². The van der Waals surface area contributed by atoms with Gasteiger partial charge in [-0.15, -0.1) is 0 Å². The smallest absolute Gasteiger partial charge is 0.338 e. The van der Waals surface area contributed by atoms with Crippen LogP contribution < -0.4 is 5.32 Å². The molecule has 0 atom stereocenters. The van der Waals surface area contributed by atoms with Crippen molar-refractivity contribution >= 4 is 29.2 Å². The predicted molar refractivity (Wildman–Crippen MR) is 81.5 cm³/mol. The number of rotatable bonds is 4. The fourth-order valence-electron chi connectivity index (χ4n) is 1.72. The molecular formula is C16H13ClFNO3. The van der Waals surface area contributed by atoms with Crippen LogP contribution in [0.2, 0.25) is 5.02 Å². The molecule has 2 aromatic rings. The third-order valence-corrected chi connectivity index (χ3v) is 3.12. The maximum absolute atomic E-state index is 12.7. The van der Waals surface area contributed by atoms with Crippen LogP contribution in [0.4, 0.5) is 10.1 Å². The minimum Gasteiger partial charge on any atom is -0.452 e. The van der Waals surface area contributed by atoms with Gasteiger partial charge in [0, 0.05) is 10.7 Å². The largest absolute Gasteiger partial charge is 0.452 e. The van der Waals surface area contributed by atoms with Crippen LogP contribution >= 0.6 is 11.6 Å². The quantitative estimate of drug-likeness (QED) is 0.876. The van der Waals surface area contributed by atoms with Gasteiger partial charge in [0.25, 0.3) is 5.91 Å². The van der Waals surface area contributed by atoms with E-state index in [1.165, 1.54) is 12.1 Å². The van der Waals surface area contributed by atoms with Gasteiger partial charge < -0.3 is 10.1 Å². The number of esters is 1. The number of benzene rings is 2. The summed E-state index contributed by atoms with van der Waals surface area (Å²) >= 11 is 5.85. The van der Waals surface area contributed by atoms with E-state index in [0.29, 0.717) is 10.7 Å². The molecule has 0 aromatic heterocycles. The van der Waals surface area contributed by atoms with Crippen molar-refractivity contribution in [1.29, 1.82) is 0 Å². The van der Waals surface area contributed by atoms with Crippen molar-refractivity contribution in [1.82, 2.24) is 0 Å². The summed E-state index contributed by atoms with van der Waals surface area (Å²) in [6, 6.07) is 9.95. The number of halogens is 2. The minimum atomic E-state index is -0.696. The summed E-state index contributed by atoms with van der Waals surface area (Å²) < 4.78 is 17.6. The highest BCUT2D eigenvalue weighted by atomic mass is 35.5. The second-order valence-electron chi connectivity index (χ2n) is 4.59. The van der Waals surface area contributed by atoms with Gasteiger partial charge in [-0.05, 0) is 48.9 Å². The number of hydrogen-bond acceptors (Lipinski definition) is 3. The summed E-state index contributed by atoms with van der Waals surface area (Å²) in [5, 5.41) is 3.10. The molecule has 0 fully saturated rings. The zero-order valence-corrected chi connectivity index (χ0v) is 12.5. The van der Waals surface area contributed by atoms with Gasteiger partial charge in [-0.25, -0.2) is 9.18 Å². The molecule has 2 aromatic carbocycles. The van der Waals surface area contributed by atoms with Crippen LogP contribution in [0.1, 0.15) is 15.9 Å². The van der Waals surface area contributed by atoms with E-state index < -0.39 is 24.3 Å². The lowest BCUT2D eigenvalue weighted by atomic mass is 10.2. The third kappa shape index (κ3) is 4.30. The average molecular weight is 322 g/mol. The summed E-state index contributed by atoms with van der Waals surface area (Å²) in [4.78, 5) is 23.5. The Kier molecular flexibility index (Phi) is 5.12. The summed E-state index contributed by atoms with van der Waals surface area (Å²) in [6.45, 7) is 1.37. The normalized spacial score (nSPS) is 10.1. The first-order chi connectivity index (χ1) is 10.5. The van der Waals surface area contributed by atoms with Gasteiger partial charge in [0.15, 0.2) is 6.61 Å². The fraction of sp³-hybridized carbons (Fsp3) is 0.125. The van der Waals surface area contributed by atoms with Crippen LogP contribution in [-0.2, 0) is 9.53 Å². The molecule has 0 radical (unpaired) electrons. The highest BCUT2D eigenvalue weighted by molar-refractivity contribution is 6.31. The number of ether oxygens (including phenoxy) is 1. The van der Waals surface area contributed by atoms with Crippen molar-refractivity contribution in [2.75, 3.05) is 11.9 Å². The zero-order chi connectivity index (χ0) is 16.1. The highest BCUT2D eigenvalue weighted by Gasteiger charge is 2.11. The predicted octanol–water partition coefficient (Wildman–Crippen LogP) is 3.58. The number of anilines is 1. The van der Waals surface area contributed by atoms with Gasteiger partial charge in [0.1, 0.15) is 5.82 Å². The molecule has 0 unspecified atom stereocenters. The topological polar surface area (TPSA) is 55.4 Å². The van der Waals surface area contributed by atoms with E-state index in [1.807, 2.05) is 6.92 Å². The van der Waals surface area contributed by atoms with Gasteiger partial charge >= 0.3 is 5.97 Å². The summed E-state index contributed by atoms with van der Waals surface area (Å²) in [7, 11) is 0. The van der Waals surface area contributed by atoms with E-state index in [9.17, 15) is 14.0 Å². The van der Waals surface area contributed by atoms with Crippen molar-refractivity contribution in [2.45, 2.75) is 6.92 Å². The molecule has 4 nitrogen and oxygen atoms in total. The number of nitrogens with one attached hydrogen (secondary N) is 1. The van der Waals surface area contributed by atoms with E-state index in [1.54, 1.807) is 18.2 Å². The van der Waals surface area contributed by atoms with E-state index in [0.717, 1.165) is 17.7 Å². The van der Waals surface area contributed by atoms with Crippen LogP contribution in [0, 0.1) is 12.7 Å². The Bertz CT molecular complexity index is 701. The first-order valence-corrected chi connectivity index (χ1v) is 6.82. The number of carbonyl (C=O) groups excluding carboxylic acids is 2. The van der Waals surface area contributed by atoms with Crippen LogP contribution in [0.15, 0.2) is 42.5 Å². The van der Waals surface area contributed by atoms with Crippen LogP contribution in [0.5, 0.6) is 0 Å². The van der Waals surface area contributed by atoms with E-state index in [4.69, 9.17) is 16.3 Å². The lowest BCUT2D eigenvalue weighted by Gasteiger charge is -2.09. The molecule has 1 amide bonds. The zero-order valence-electron chi connectivity index (χ0n) is 11.7. The molecular weight excluding hydrogens is 309 g/mol. The molecule has 0 spiro atoms. The molecule has 0 aliphatic carbocycles. The van der Waals surface area contributed by atoms with E-state index in [-0.39, 0.29) is 5.56 Å². The number of amides is 1. The average Bonchev–Trinajstić information content (AvgIpc) is 2.49. The van der Waals surface area contributed by atoms with E-state index in [2.05, 4.69) is 5.32 Å². The summed E-state index contributed by atoms with van der Waals surface area (Å²) in [5.41, 5.74) is 1.56. The molecule has 0 heterocycles. The molecule has 1 N–H and O–H groups in total. The minimum absolute atomic E-state index is 0.174. The first-order valence-electron chi connectivity index (χ1n) is 6.44. The maximum Gasteiger partial charge on any atom is 0.338 e. The SMILES string of the molecule is Cc1ccc(Cl)cc1NC(=O)COC(=O)c1ccc(F)cc1. The van der Waals surface area contributed by atoms with Crippen molar-refractivity contribution in [3.63, 3.8) is 0 Å². The summed E-state index contributed by atoms with van der Waals surface area (Å²) in [6.07, 6.45) is 0. The lowest BCUT2D eigenvalue weighted by Crippen LogP contribution is -2.21. The number of carbonyl (C=O) groups is 2. The monoisotopic (exact) mass is 321 g/mol. The second-order valence-corrected chi connectivity index (χ2v) is 5.03. The van der Waals surface area contributed by atoms with Gasteiger partial charge in [0.05, 0.1) is 5.56 Å². The molecule has 22 heavy (non-hydrogen) atoms. The van der Waals surface area contributed by atoms with Gasteiger partial charge in [-0.3, -0.25) is 4.79 Å². The van der Waals surface area contributed by atoms with Gasteiger partial charge in [0.2, 0.25) is 0 Å². The van der Waals surface area contributed by atoms with Crippen LogP contribution in [-0.4, -0.2) is 18.5 Å². The Hall–Kier alpha value is -2.40. The highest BCUT2D eigenvalue weighted by Crippen LogP contribution is 2.20. The van der Waals surface area contributed by atoms with Gasteiger partial charge in [-0.2, -0.15) is 0 Å². The van der Waals surface area contributed by atoms with Crippen molar-refractivity contribution < 1.29 is 18.7 Å². The summed E-state index contributed by atoms with van der Waals surface area (Å²) in [5.74, 6) is -1.63. The Morgan fingerprint density at radius 3 is 2.55 bits per heavy atom. The van der Waals surface area contributed by atoms with Gasteiger partial charge in [-0.1, -0.05) is 17.7 Å². The molecule has 0 saturated carbocycles. The molecule has 0 aliphatic heterocycles. The lowest BCUT2D eigenvalue weighted by molar-refractivity contribution is -0.119. The Balaban J connectivity index is 1.91. The maximum atomic E-state index is 12.7. The third-order valence-electron chi connectivity index (χ3n) is 2.89. The fourth-order valence-corrected chi connectivity index (χ4v) is 1.89. The molecule has 0 saturated heterocycles. The molecule has 0 aliphatic rings. The molecule has 2 rings (SSSR count). The van der Waals surface area contributed by atoms with Crippen LogP contribution in [0.25, 0.3) is 0 Å². The Morgan fingerprint density at radius 1 is 1.18 bits per heavy atom. The van der Waals surface area contributed by atoms with Crippen LogP contribution in [0.3, 0.4) is 0 Å². The first kappa shape index (κ1) is 16.0. The Morgan fingerprint density at radius 2 is 1.86 bits per heavy atom. The second kappa shape index (κ2) is 7.04. The Labute approximate surface area is 131 Å². The molecule has 6 heteroatoms. The molecule has 0 bridgehead atoms. The van der Waals surface area contributed by atoms with E-state index >= 15 is 0 Å². The van der Waals surface area contributed by atoms with Crippen molar-refractivity contribution in [3.8, 4) is 0 Å². The van der Waals surface area contributed by atoms with Crippen molar-refractivity contribution in [2.24, 2.45) is 0 Å². The number of hydrogen-bond donors (Lipinski definition) is 1.